The van der Waals surface area contributed by atoms with Gasteiger partial charge in [0.1, 0.15) is 12.1 Å². The molecule has 0 saturated carbocycles. The summed E-state index contributed by atoms with van der Waals surface area (Å²) in [7, 11) is 0. The molecule has 0 N–H and O–H groups in total. The molecule has 0 aliphatic heterocycles. The van der Waals surface area contributed by atoms with E-state index in [1.807, 2.05) is 0 Å². The van der Waals surface area contributed by atoms with Crippen LogP contribution < -0.4 is 0 Å². The normalized spacial score (nSPS) is 11.6. The van der Waals surface area contributed by atoms with Gasteiger partial charge in [-0.25, -0.2) is 4.39 Å². The van der Waals surface area contributed by atoms with Crippen LogP contribution in [0, 0.1) is 5.82 Å². The fraction of sp³-hybridized carbons (Fsp3) is 0. The highest BCUT2D eigenvalue weighted by Gasteiger charge is 2.02. The van der Waals surface area contributed by atoms with E-state index in [1.165, 1.54) is 27.8 Å². The number of benzene rings is 1. The van der Waals surface area contributed by atoms with E-state index >= 15 is 0 Å². The van der Waals surface area contributed by atoms with Crippen molar-refractivity contribution in [3.05, 3.63) is 42.0 Å². The molecule has 0 unspecified atom stereocenters. The molecular weight excluding hydrogens is 225 g/mol. The van der Waals surface area contributed by atoms with Gasteiger partial charge in [-0.15, -0.1) is 5.10 Å². The van der Waals surface area contributed by atoms with Crippen molar-refractivity contribution >= 4 is 12.0 Å². The standard InChI is InChI=1S/C9H6FN7/c10-8-3-1-7(2-4-8)5-11-16-6-12-17-9(16)13-14-15-17/h1-6H/b11-5-. The van der Waals surface area contributed by atoms with Gasteiger partial charge in [-0.2, -0.15) is 9.78 Å². The first kappa shape index (κ1) is 9.58. The van der Waals surface area contributed by atoms with Gasteiger partial charge in [0, 0.05) is 0 Å². The van der Waals surface area contributed by atoms with E-state index in [9.17, 15) is 4.39 Å². The summed E-state index contributed by atoms with van der Waals surface area (Å²) in [5.41, 5.74) is 0.769. The van der Waals surface area contributed by atoms with E-state index in [0.29, 0.717) is 5.78 Å². The minimum absolute atomic E-state index is 0.283. The number of hydrogen-bond donors (Lipinski definition) is 0. The first-order chi connectivity index (χ1) is 8.33. The van der Waals surface area contributed by atoms with E-state index in [-0.39, 0.29) is 5.82 Å². The molecule has 17 heavy (non-hydrogen) atoms. The van der Waals surface area contributed by atoms with Gasteiger partial charge in [-0.1, -0.05) is 21.9 Å². The summed E-state index contributed by atoms with van der Waals surface area (Å²) < 4.78 is 15.3. The molecule has 84 valence electrons. The van der Waals surface area contributed by atoms with Gasteiger partial charge in [-0.3, -0.25) is 0 Å². The lowest BCUT2D eigenvalue weighted by atomic mass is 10.2. The Morgan fingerprint density at radius 3 is 2.88 bits per heavy atom. The highest BCUT2D eigenvalue weighted by molar-refractivity contribution is 5.79. The number of nitrogens with zero attached hydrogens (tertiary/aromatic N) is 7. The minimum Gasteiger partial charge on any atom is -0.207 e. The van der Waals surface area contributed by atoms with Crippen LogP contribution in [-0.2, 0) is 0 Å². The molecule has 3 rings (SSSR count). The molecule has 0 fully saturated rings. The van der Waals surface area contributed by atoms with Crippen LogP contribution in [0.15, 0.2) is 35.7 Å². The number of halogens is 1. The van der Waals surface area contributed by atoms with Crippen LogP contribution in [-0.4, -0.2) is 36.1 Å². The second-order valence-corrected chi connectivity index (χ2v) is 3.24. The summed E-state index contributed by atoms with van der Waals surface area (Å²) in [5, 5.41) is 18.8. The molecule has 7 nitrogen and oxygen atoms in total. The molecule has 0 aliphatic carbocycles. The second-order valence-electron chi connectivity index (χ2n) is 3.24. The quantitative estimate of drug-likeness (QED) is 0.596. The van der Waals surface area contributed by atoms with Crippen molar-refractivity contribution in [1.29, 1.82) is 0 Å². The zero-order valence-electron chi connectivity index (χ0n) is 8.47. The maximum absolute atomic E-state index is 12.7. The predicted octanol–water partition coefficient (Wildman–Crippen LogP) is 0.342. The van der Waals surface area contributed by atoms with Crippen molar-refractivity contribution in [3.63, 3.8) is 0 Å². The molecule has 1 aromatic carbocycles. The third kappa shape index (κ3) is 1.75. The smallest absolute Gasteiger partial charge is 0.207 e. The second kappa shape index (κ2) is 3.74. The lowest BCUT2D eigenvalue weighted by Gasteiger charge is -1.92. The minimum atomic E-state index is -0.283. The Morgan fingerprint density at radius 1 is 1.24 bits per heavy atom. The third-order valence-corrected chi connectivity index (χ3v) is 2.11. The lowest BCUT2D eigenvalue weighted by Crippen LogP contribution is -1.91. The molecule has 2 heterocycles. The lowest BCUT2D eigenvalue weighted by molar-refractivity contribution is 0.628. The van der Waals surface area contributed by atoms with Gasteiger partial charge in [0.25, 0.3) is 5.78 Å². The Bertz CT molecular complexity index is 666. The summed E-state index contributed by atoms with van der Waals surface area (Å²) in [6.45, 7) is 0. The van der Waals surface area contributed by atoms with Crippen LogP contribution >= 0.6 is 0 Å². The molecular formula is C9H6FN7. The van der Waals surface area contributed by atoms with Gasteiger partial charge in [0.15, 0.2) is 0 Å². The highest BCUT2D eigenvalue weighted by Crippen LogP contribution is 2.01. The van der Waals surface area contributed by atoms with Gasteiger partial charge in [0.05, 0.1) is 6.21 Å². The van der Waals surface area contributed by atoms with Crippen LogP contribution in [0.2, 0.25) is 0 Å². The first-order valence-corrected chi connectivity index (χ1v) is 4.74. The zero-order chi connectivity index (χ0) is 11.7. The van der Waals surface area contributed by atoms with Crippen molar-refractivity contribution in [2.45, 2.75) is 0 Å². The molecule has 0 atom stereocenters. The molecule has 2 aromatic heterocycles. The van der Waals surface area contributed by atoms with Crippen LogP contribution in [0.4, 0.5) is 4.39 Å². The van der Waals surface area contributed by atoms with Crippen LogP contribution in [0.3, 0.4) is 0 Å². The average Bonchev–Trinajstić information content (AvgIpc) is 2.91. The van der Waals surface area contributed by atoms with Gasteiger partial charge in [0.2, 0.25) is 0 Å². The zero-order valence-corrected chi connectivity index (χ0v) is 8.47. The Kier molecular flexibility index (Phi) is 2.11. The SMILES string of the molecule is Fc1ccc(/C=N\n2cnn3nnnc23)cc1. The fourth-order valence-electron chi connectivity index (χ4n) is 1.30. The number of rotatable bonds is 2. The summed E-state index contributed by atoms with van der Waals surface area (Å²) in [5.74, 6) is 0.122. The molecule has 0 aliphatic rings. The molecule has 0 radical (unpaired) electrons. The van der Waals surface area contributed by atoms with Gasteiger partial charge in [-0.05, 0) is 28.1 Å². The summed E-state index contributed by atoms with van der Waals surface area (Å²) >= 11 is 0. The van der Waals surface area contributed by atoms with Crippen molar-refractivity contribution < 1.29 is 4.39 Å². The molecule has 0 bridgehead atoms. The Labute approximate surface area is 94.2 Å². The fourth-order valence-corrected chi connectivity index (χ4v) is 1.30. The van der Waals surface area contributed by atoms with Crippen molar-refractivity contribution in [2.24, 2.45) is 5.10 Å². The maximum atomic E-state index is 12.7. The third-order valence-electron chi connectivity index (χ3n) is 2.11. The Balaban J connectivity index is 1.92. The monoisotopic (exact) mass is 231 g/mol. The van der Waals surface area contributed by atoms with Gasteiger partial charge < -0.3 is 0 Å². The molecule has 3 aromatic rings. The van der Waals surface area contributed by atoms with Crippen molar-refractivity contribution in [1.82, 2.24) is 29.9 Å². The van der Waals surface area contributed by atoms with E-state index in [2.05, 4.69) is 25.7 Å². The average molecular weight is 231 g/mol. The maximum Gasteiger partial charge on any atom is 0.294 e. The van der Waals surface area contributed by atoms with E-state index in [0.717, 1.165) is 5.56 Å². The molecule has 0 amide bonds. The first-order valence-electron chi connectivity index (χ1n) is 4.74. The number of aromatic nitrogens is 6. The number of tetrazole rings is 1. The van der Waals surface area contributed by atoms with Gasteiger partial charge >= 0.3 is 0 Å². The van der Waals surface area contributed by atoms with Crippen molar-refractivity contribution in [3.8, 4) is 0 Å². The van der Waals surface area contributed by atoms with Crippen molar-refractivity contribution in [2.75, 3.05) is 0 Å². The number of fused-ring (bicyclic) bond motifs is 1. The van der Waals surface area contributed by atoms with E-state index in [4.69, 9.17) is 0 Å². The molecule has 0 saturated heterocycles. The van der Waals surface area contributed by atoms with Crippen LogP contribution in [0.1, 0.15) is 5.56 Å². The summed E-state index contributed by atoms with van der Waals surface area (Å²) in [6, 6.07) is 5.97. The summed E-state index contributed by atoms with van der Waals surface area (Å²) in [6.07, 6.45) is 3.02. The number of hydrogen-bond acceptors (Lipinski definition) is 5. The Hall–Kier alpha value is -2.64. The Morgan fingerprint density at radius 2 is 2.06 bits per heavy atom. The van der Waals surface area contributed by atoms with Crippen LogP contribution in [0.5, 0.6) is 0 Å². The van der Waals surface area contributed by atoms with E-state index < -0.39 is 0 Å². The topological polar surface area (TPSA) is 73.3 Å². The predicted molar refractivity (Wildman–Crippen MR) is 56.0 cm³/mol. The molecule has 0 spiro atoms. The van der Waals surface area contributed by atoms with E-state index in [1.54, 1.807) is 18.3 Å². The van der Waals surface area contributed by atoms with Crippen LogP contribution in [0.25, 0.3) is 5.78 Å². The largest absolute Gasteiger partial charge is 0.294 e. The highest BCUT2D eigenvalue weighted by atomic mass is 19.1. The molecule has 8 heteroatoms. The summed E-state index contributed by atoms with van der Waals surface area (Å²) in [4.78, 5) is 0.